The number of amides is 2. The van der Waals surface area contributed by atoms with Crippen molar-refractivity contribution < 1.29 is 14.3 Å². The summed E-state index contributed by atoms with van der Waals surface area (Å²) in [5, 5.41) is 4.94. The number of hydrogen-bond donors (Lipinski definition) is 2. The lowest BCUT2D eigenvalue weighted by Crippen LogP contribution is -2.42. The summed E-state index contributed by atoms with van der Waals surface area (Å²) < 4.78 is 4.86. The molecule has 0 radical (unpaired) electrons. The standard InChI is InChI=1S/C12H17N3O3/c1-8-5-4-6-10(13-8)15-12(17)11(16)14-9(2)7-18-3/h4-6,9H,7H2,1-3H3,(H,14,16)(H,13,15,17)/t9-/m0/s1. The molecule has 1 aromatic heterocycles. The predicted octanol–water partition coefficient (Wildman–Crippen LogP) is 0.480. The average Bonchev–Trinajstić information content (AvgIpc) is 2.29. The first-order valence-corrected chi connectivity index (χ1v) is 5.57. The fourth-order valence-corrected chi connectivity index (χ4v) is 1.37. The number of aromatic nitrogens is 1. The third-order valence-corrected chi connectivity index (χ3v) is 2.13. The summed E-state index contributed by atoms with van der Waals surface area (Å²) in [6.07, 6.45) is 0. The second kappa shape index (κ2) is 6.70. The molecule has 0 bridgehead atoms. The van der Waals surface area contributed by atoms with Gasteiger partial charge in [0.05, 0.1) is 6.61 Å². The molecule has 0 spiro atoms. The molecule has 1 aromatic rings. The Morgan fingerprint density at radius 2 is 2.11 bits per heavy atom. The van der Waals surface area contributed by atoms with Gasteiger partial charge in [-0.2, -0.15) is 0 Å². The van der Waals surface area contributed by atoms with Crippen LogP contribution in [0.15, 0.2) is 18.2 Å². The lowest BCUT2D eigenvalue weighted by molar-refractivity contribution is -0.136. The van der Waals surface area contributed by atoms with Crippen molar-refractivity contribution in [2.75, 3.05) is 19.0 Å². The van der Waals surface area contributed by atoms with Crippen molar-refractivity contribution in [3.05, 3.63) is 23.9 Å². The topological polar surface area (TPSA) is 80.3 Å². The van der Waals surface area contributed by atoms with Gasteiger partial charge in [0, 0.05) is 18.8 Å². The lowest BCUT2D eigenvalue weighted by atomic mass is 10.3. The number of pyridine rings is 1. The largest absolute Gasteiger partial charge is 0.383 e. The van der Waals surface area contributed by atoms with Gasteiger partial charge in [-0.25, -0.2) is 4.98 Å². The van der Waals surface area contributed by atoms with Crippen LogP contribution in [-0.2, 0) is 14.3 Å². The molecule has 1 rings (SSSR count). The first kappa shape index (κ1) is 14.1. The van der Waals surface area contributed by atoms with Gasteiger partial charge in [-0.3, -0.25) is 9.59 Å². The molecule has 18 heavy (non-hydrogen) atoms. The number of anilines is 1. The van der Waals surface area contributed by atoms with E-state index in [1.807, 2.05) is 0 Å². The third-order valence-electron chi connectivity index (χ3n) is 2.13. The van der Waals surface area contributed by atoms with Gasteiger partial charge in [0.1, 0.15) is 5.82 Å². The van der Waals surface area contributed by atoms with Crippen molar-refractivity contribution in [2.45, 2.75) is 19.9 Å². The maximum absolute atomic E-state index is 11.6. The van der Waals surface area contributed by atoms with E-state index in [9.17, 15) is 9.59 Å². The van der Waals surface area contributed by atoms with E-state index in [1.54, 1.807) is 32.0 Å². The Labute approximate surface area is 106 Å². The van der Waals surface area contributed by atoms with E-state index in [1.165, 1.54) is 7.11 Å². The van der Waals surface area contributed by atoms with Crippen molar-refractivity contribution in [3.63, 3.8) is 0 Å². The maximum Gasteiger partial charge on any atom is 0.314 e. The summed E-state index contributed by atoms with van der Waals surface area (Å²) in [5.41, 5.74) is 0.765. The minimum absolute atomic E-state index is 0.223. The predicted molar refractivity (Wildman–Crippen MR) is 67.1 cm³/mol. The van der Waals surface area contributed by atoms with E-state index in [0.29, 0.717) is 12.4 Å². The smallest absolute Gasteiger partial charge is 0.314 e. The normalized spacial score (nSPS) is 11.7. The summed E-state index contributed by atoms with van der Waals surface area (Å²) in [5.74, 6) is -1.09. The van der Waals surface area contributed by atoms with Crippen LogP contribution in [0.5, 0.6) is 0 Å². The minimum atomic E-state index is -0.740. The van der Waals surface area contributed by atoms with Crippen LogP contribution in [-0.4, -0.2) is 36.6 Å². The van der Waals surface area contributed by atoms with Crippen LogP contribution in [0.25, 0.3) is 0 Å². The minimum Gasteiger partial charge on any atom is -0.383 e. The molecule has 0 fully saturated rings. The number of rotatable bonds is 4. The summed E-state index contributed by atoms with van der Waals surface area (Å²) in [6, 6.07) is 4.95. The highest BCUT2D eigenvalue weighted by Gasteiger charge is 2.16. The van der Waals surface area contributed by atoms with Crippen LogP contribution < -0.4 is 10.6 Å². The number of hydrogen-bond acceptors (Lipinski definition) is 4. The SMILES string of the molecule is COC[C@H](C)NC(=O)C(=O)Nc1cccc(C)n1. The Hall–Kier alpha value is -1.95. The molecular formula is C12H17N3O3. The Bertz CT molecular complexity index is 434. The molecule has 98 valence electrons. The lowest BCUT2D eigenvalue weighted by Gasteiger charge is -2.12. The Morgan fingerprint density at radius 1 is 1.39 bits per heavy atom. The highest BCUT2D eigenvalue weighted by Crippen LogP contribution is 2.03. The van der Waals surface area contributed by atoms with Gasteiger partial charge < -0.3 is 15.4 Å². The molecule has 1 atom stereocenters. The molecule has 0 aromatic carbocycles. The molecule has 6 nitrogen and oxygen atoms in total. The highest BCUT2D eigenvalue weighted by molar-refractivity contribution is 6.39. The fraction of sp³-hybridized carbons (Fsp3) is 0.417. The van der Waals surface area contributed by atoms with Gasteiger partial charge in [0.2, 0.25) is 0 Å². The number of carbonyl (C=O) groups is 2. The molecular weight excluding hydrogens is 234 g/mol. The molecule has 2 N–H and O–H groups in total. The van der Waals surface area contributed by atoms with Crippen LogP contribution in [0, 0.1) is 6.92 Å². The van der Waals surface area contributed by atoms with Gasteiger partial charge in [-0.15, -0.1) is 0 Å². The first-order valence-electron chi connectivity index (χ1n) is 5.57. The van der Waals surface area contributed by atoms with Crippen LogP contribution in [0.3, 0.4) is 0 Å². The first-order chi connectivity index (χ1) is 8.52. The van der Waals surface area contributed by atoms with E-state index in [0.717, 1.165) is 5.69 Å². The van der Waals surface area contributed by atoms with Gasteiger partial charge in [0.25, 0.3) is 0 Å². The highest BCUT2D eigenvalue weighted by atomic mass is 16.5. The monoisotopic (exact) mass is 251 g/mol. The zero-order valence-electron chi connectivity index (χ0n) is 10.7. The number of aryl methyl sites for hydroxylation is 1. The van der Waals surface area contributed by atoms with Gasteiger partial charge in [-0.1, -0.05) is 6.07 Å². The molecule has 6 heteroatoms. The zero-order valence-corrected chi connectivity index (χ0v) is 10.7. The molecule has 2 amide bonds. The number of nitrogens with zero attached hydrogens (tertiary/aromatic N) is 1. The second-order valence-electron chi connectivity index (χ2n) is 3.95. The average molecular weight is 251 g/mol. The van der Waals surface area contributed by atoms with Gasteiger partial charge >= 0.3 is 11.8 Å². The molecule has 0 saturated heterocycles. The van der Waals surface area contributed by atoms with Crippen LogP contribution in [0.1, 0.15) is 12.6 Å². The Balaban J connectivity index is 2.52. The molecule has 0 saturated carbocycles. The quantitative estimate of drug-likeness (QED) is 0.763. The van der Waals surface area contributed by atoms with Gasteiger partial charge in [-0.05, 0) is 26.0 Å². The van der Waals surface area contributed by atoms with Crippen molar-refractivity contribution >= 4 is 17.6 Å². The molecule has 0 unspecified atom stereocenters. The van der Waals surface area contributed by atoms with Crippen molar-refractivity contribution in [1.29, 1.82) is 0 Å². The molecule has 0 aliphatic rings. The van der Waals surface area contributed by atoms with Crippen LogP contribution in [0.4, 0.5) is 5.82 Å². The zero-order chi connectivity index (χ0) is 13.5. The summed E-state index contributed by atoms with van der Waals surface area (Å²) in [6.45, 7) is 3.90. The molecule has 0 aliphatic heterocycles. The van der Waals surface area contributed by atoms with Crippen molar-refractivity contribution in [3.8, 4) is 0 Å². The van der Waals surface area contributed by atoms with Gasteiger partial charge in [0.15, 0.2) is 0 Å². The summed E-state index contributed by atoms with van der Waals surface area (Å²) in [7, 11) is 1.53. The van der Waals surface area contributed by atoms with Crippen LogP contribution >= 0.6 is 0 Å². The molecule has 0 aliphatic carbocycles. The number of carbonyl (C=O) groups excluding carboxylic acids is 2. The van der Waals surface area contributed by atoms with Crippen molar-refractivity contribution in [1.82, 2.24) is 10.3 Å². The van der Waals surface area contributed by atoms with E-state index in [-0.39, 0.29) is 6.04 Å². The maximum atomic E-state index is 11.6. The summed E-state index contributed by atoms with van der Waals surface area (Å²) in [4.78, 5) is 27.1. The Morgan fingerprint density at radius 3 is 2.72 bits per heavy atom. The van der Waals surface area contributed by atoms with E-state index >= 15 is 0 Å². The third kappa shape index (κ3) is 4.50. The number of methoxy groups -OCH3 is 1. The van der Waals surface area contributed by atoms with E-state index < -0.39 is 11.8 Å². The number of ether oxygens (including phenoxy) is 1. The Kier molecular flexibility index (Phi) is 5.26. The van der Waals surface area contributed by atoms with E-state index in [4.69, 9.17) is 4.74 Å². The number of nitrogens with one attached hydrogen (secondary N) is 2. The van der Waals surface area contributed by atoms with Crippen LogP contribution in [0.2, 0.25) is 0 Å². The second-order valence-corrected chi connectivity index (χ2v) is 3.95. The molecule has 1 heterocycles. The van der Waals surface area contributed by atoms with Crippen molar-refractivity contribution in [2.24, 2.45) is 0 Å². The summed E-state index contributed by atoms with van der Waals surface area (Å²) >= 11 is 0. The van der Waals surface area contributed by atoms with E-state index in [2.05, 4.69) is 15.6 Å². The fourth-order valence-electron chi connectivity index (χ4n) is 1.37.